The molecule has 2 aromatic carbocycles. The van der Waals surface area contributed by atoms with Crippen molar-refractivity contribution >= 4 is 22.6 Å². The van der Waals surface area contributed by atoms with Crippen molar-refractivity contribution in [3.05, 3.63) is 64.9 Å². The van der Waals surface area contributed by atoms with E-state index in [0.717, 1.165) is 29.3 Å². The Hall–Kier alpha value is -1.80. The number of fused-ring (bicyclic) bond motifs is 1. The lowest BCUT2D eigenvalue weighted by Gasteiger charge is -2.19. The minimum Gasteiger partial charge on any atom is -0.323 e. The summed E-state index contributed by atoms with van der Waals surface area (Å²) in [4.78, 5) is 4.85. The van der Waals surface area contributed by atoms with Crippen LogP contribution in [0.1, 0.15) is 32.2 Å². The molecule has 1 aromatic heterocycles. The maximum atomic E-state index is 5.99. The zero-order valence-electron chi connectivity index (χ0n) is 13.3. The van der Waals surface area contributed by atoms with Gasteiger partial charge < -0.3 is 4.57 Å². The summed E-state index contributed by atoms with van der Waals surface area (Å²) < 4.78 is 2.32. The second kappa shape index (κ2) is 5.77. The maximum Gasteiger partial charge on any atom is 0.110 e. The number of para-hydroxylation sites is 2. The van der Waals surface area contributed by atoms with Gasteiger partial charge in [-0.2, -0.15) is 0 Å². The Balaban J connectivity index is 2.05. The summed E-state index contributed by atoms with van der Waals surface area (Å²) in [6, 6.07) is 16.4. The van der Waals surface area contributed by atoms with Crippen molar-refractivity contribution in [3.63, 3.8) is 0 Å². The first-order valence-corrected chi connectivity index (χ1v) is 7.99. The average Bonchev–Trinajstić information content (AvgIpc) is 2.77. The number of hydrogen-bond donors (Lipinski definition) is 0. The molecule has 114 valence electrons. The Morgan fingerprint density at radius 2 is 1.68 bits per heavy atom. The van der Waals surface area contributed by atoms with Crippen molar-refractivity contribution in [2.75, 3.05) is 0 Å². The Kier molecular flexibility index (Phi) is 3.96. The van der Waals surface area contributed by atoms with Gasteiger partial charge in [0.1, 0.15) is 5.82 Å². The summed E-state index contributed by atoms with van der Waals surface area (Å²) >= 11 is 5.99. The molecule has 0 radical (unpaired) electrons. The highest BCUT2D eigenvalue weighted by atomic mass is 35.5. The van der Waals surface area contributed by atoms with Gasteiger partial charge in [0.25, 0.3) is 0 Å². The van der Waals surface area contributed by atoms with E-state index in [2.05, 4.69) is 55.7 Å². The van der Waals surface area contributed by atoms with Gasteiger partial charge in [-0.1, -0.05) is 56.6 Å². The van der Waals surface area contributed by atoms with Crippen LogP contribution < -0.4 is 0 Å². The molecule has 0 amide bonds. The molecule has 0 saturated heterocycles. The summed E-state index contributed by atoms with van der Waals surface area (Å²) in [5.74, 6) is 1.14. The van der Waals surface area contributed by atoms with E-state index >= 15 is 0 Å². The zero-order chi connectivity index (χ0) is 15.7. The van der Waals surface area contributed by atoms with Crippen LogP contribution in [-0.4, -0.2) is 9.55 Å². The first-order chi connectivity index (χ1) is 10.4. The molecule has 0 bridgehead atoms. The van der Waals surface area contributed by atoms with Crippen LogP contribution >= 0.6 is 11.6 Å². The van der Waals surface area contributed by atoms with Gasteiger partial charge in [0, 0.05) is 18.0 Å². The largest absolute Gasteiger partial charge is 0.323 e. The molecule has 0 aliphatic rings. The predicted octanol–water partition coefficient (Wildman–Crippen LogP) is 5.33. The van der Waals surface area contributed by atoms with Gasteiger partial charge >= 0.3 is 0 Å². The van der Waals surface area contributed by atoms with Gasteiger partial charge in [-0.05, 0) is 35.2 Å². The summed E-state index contributed by atoms with van der Waals surface area (Å²) in [5.41, 5.74) is 3.70. The molecule has 0 atom stereocenters. The van der Waals surface area contributed by atoms with Gasteiger partial charge in [-0.3, -0.25) is 0 Å². The smallest absolute Gasteiger partial charge is 0.110 e. The van der Waals surface area contributed by atoms with Gasteiger partial charge in [0.2, 0.25) is 0 Å². The van der Waals surface area contributed by atoms with Crippen LogP contribution in [0.25, 0.3) is 11.0 Å². The Morgan fingerprint density at radius 3 is 2.36 bits per heavy atom. The van der Waals surface area contributed by atoms with E-state index in [1.807, 2.05) is 18.2 Å². The van der Waals surface area contributed by atoms with E-state index in [0.29, 0.717) is 0 Å². The van der Waals surface area contributed by atoms with E-state index in [1.165, 1.54) is 11.1 Å². The molecule has 2 nitrogen and oxygen atoms in total. The average molecular weight is 313 g/mol. The molecule has 3 aromatic rings. The fraction of sp³-hybridized carbons (Fsp3) is 0.316. The molecule has 0 saturated carbocycles. The van der Waals surface area contributed by atoms with Crippen molar-refractivity contribution in [2.24, 2.45) is 5.41 Å². The summed E-state index contributed by atoms with van der Waals surface area (Å²) in [5, 5.41) is 0.772. The highest BCUT2D eigenvalue weighted by Gasteiger charge is 2.18. The molecule has 0 aliphatic carbocycles. The number of hydrogen-bond acceptors (Lipinski definition) is 1. The second-order valence-electron chi connectivity index (χ2n) is 6.97. The lowest BCUT2D eigenvalue weighted by Crippen LogP contribution is -2.15. The molecule has 22 heavy (non-hydrogen) atoms. The Labute approximate surface area is 136 Å². The number of imidazole rings is 1. The molecular formula is C19H21ClN2. The molecule has 0 aliphatic heterocycles. The number of aromatic nitrogens is 2. The zero-order valence-corrected chi connectivity index (χ0v) is 14.1. The SMILES string of the molecule is CC(C)(C)Cc1nc2ccccc2n1Cc1ccc(Cl)cc1. The normalized spacial score (nSPS) is 12.0. The van der Waals surface area contributed by atoms with Crippen molar-refractivity contribution in [1.82, 2.24) is 9.55 Å². The fourth-order valence-electron chi connectivity index (χ4n) is 2.68. The maximum absolute atomic E-state index is 5.99. The highest BCUT2D eigenvalue weighted by Crippen LogP contribution is 2.25. The highest BCUT2D eigenvalue weighted by molar-refractivity contribution is 6.30. The van der Waals surface area contributed by atoms with Crippen molar-refractivity contribution in [3.8, 4) is 0 Å². The monoisotopic (exact) mass is 312 g/mol. The van der Waals surface area contributed by atoms with Crippen LogP contribution in [0, 0.1) is 5.41 Å². The molecule has 0 N–H and O–H groups in total. The van der Waals surface area contributed by atoms with E-state index in [4.69, 9.17) is 16.6 Å². The van der Waals surface area contributed by atoms with Gasteiger partial charge in [-0.15, -0.1) is 0 Å². The summed E-state index contributed by atoms with van der Waals surface area (Å²) in [6.45, 7) is 7.57. The summed E-state index contributed by atoms with van der Waals surface area (Å²) in [6.07, 6.45) is 0.954. The third-order valence-electron chi connectivity index (χ3n) is 3.68. The van der Waals surface area contributed by atoms with E-state index in [9.17, 15) is 0 Å². The van der Waals surface area contributed by atoms with Gasteiger partial charge in [0.05, 0.1) is 11.0 Å². The fourth-order valence-corrected chi connectivity index (χ4v) is 2.81. The molecule has 0 fully saturated rings. The predicted molar refractivity (Wildman–Crippen MR) is 93.4 cm³/mol. The first-order valence-electron chi connectivity index (χ1n) is 7.61. The van der Waals surface area contributed by atoms with Crippen molar-refractivity contribution in [2.45, 2.75) is 33.7 Å². The van der Waals surface area contributed by atoms with Crippen LogP contribution in [-0.2, 0) is 13.0 Å². The number of halogens is 1. The third kappa shape index (κ3) is 3.33. The Morgan fingerprint density at radius 1 is 1.00 bits per heavy atom. The topological polar surface area (TPSA) is 17.8 Å². The van der Waals surface area contributed by atoms with E-state index in [-0.39, 0.29) is 5.41 Å². The van der Waals surface area contributed by atoms with E-state index in [1.54, 1.807) is 0 Å². The number of rotatable bonds is 3. The number of benzene rings is 2. The van der Waals surface area contributed by atoms with Crippen LogP contribution in [0.5, 0.6) is 0 Å². The third-order valence-corrected chi connectivity index (χ3v) is 3.93. The molecular weight excluding hydrogens is 292 g/mol. The Bertz CT molecular complexity index is 779. The minimum absolute atomic E-state index is 0.207. The van der Waals surface area contributed by atoms with Gasteiger partial charge in [-0.25, -0.2) is 4.98 Å². The van der Waals surface area contributed by atoms with Crippen LogP contribution in [0.2, 0.25) is 5.02 Å². The van der Waals surface area contributed by atoms with Gasteiger partial charge in [0.15, 0.2) is 0 Å². The lowest BCUT2D eigenvalue weighted by atomic mass is 9.92. The van der Waals surface area contributed by atoms with Crippen LogP contribution in [0.4, 0.5) is 0 Å². The lowest BCUT2D eigenvalue weighted by molar-refractivity contribution is 0.394. The van der Waals surface area contributed by atoms with Crippen LogP contribution in [0.15, 0.2) is 48.5 Å². The van der Waals surface area contributed by atoms with Crippen LogP contribution in [0.3, 0.4) is 0 Å². The molecule has 0 spiro atoms. The molecule has 0 unspecified atom stereocenters. The van der Waals surface area contributed by atoms with Crippen molar-refractivity contribution < 1.29 is 0 Å². The van der Waals surface area contributed by atoms with E-state index < -0.39 is 0 Å². The quantitative estimate of drug-likeness (QED) is 0.639. The summed E-state index contributed by atoms with van der Waals surface area (Å²) in [7, 11) is 0. The van der Waals surface area contributed by atoms with Crippen molar-refractivity contribution in [1.29, 1.82) is 0 Å². The standard InChI is InChI=1S/C19H21ClN2/c1-19(2,3)12-18-21-16-6-4-5-7-17(16)22(18)13-14-8-10-15(20)11-9-14/h4-11H,12-13H2,1-3H3. The minimum atomic E-state index is 0.207. The molecule has 1 heterocycles. The number of nitrogens with zero attached hydrogens (tertiary/aromatic N) is 2. The second-order valence-corrected chi connectivity index (χ2v) is 7.40. The first kappa shape index (κ1) is 15.1. The molecule has 3 rings (SSSR count). The molecule has 3 heteroatoms.